The summed E-state index contributed by atoms with van der Waals surface area (Å²) >= 11 is 5.97. The summed E-state index contributed by atoms with van der Waals surface area (Å²) in [7, 11) is 0. The van der Waals surface area contributed by atoms with Crippen LogP contribution in [0, 0.1) is 5.92 Å². The summed E-state index contributed by atoms with van der Waals surface area (Å²) in [6.07, 6.45) is 0.108. The molecule has 3 nitrogen and oxygen atoms in total. The molecule has 0 radical (unpaired) electrons. The third-order valence-electron chi connectivity index (χ3n) is 5.00. The lowest BCUT2D eigenvalue weighted by atomic mass is 9.85. The van der Waals surface area contributed by atoms with Gasteiger partial charge in [-0.15, -0.1) is 6.58 Å². The summed E-state index contributed by atoms with van der Waals surface area (Å²) in [5, 5.41) is 3.07. The van der Waals surface area contributed by atoms with Crippen LogP contribution in [0.1, 0.15) is 44.2 Å². The number of hydrogen-bond acceptors (Lipinski definition) is 2. The summed E-state index contributed by atoms with van der Waals surface area (Å²) in [5.41, 5.74) is 0.957. The van der Waals surface area contributed by atoms with Crippen molar-refractivity contribution in [2.75, 3.05) is 13.1 Å². The van der Waals surface area contributed by atoms with Crippen molar-refractivity contribution in [3.05, 3.63) is 47.5 Å². The molecule has 1 saturated heterocycles. The summed E-state index contributed by atoms with van der Waals surface area (Å²) < 4.78 is 37.5. The fraction of sp³-hybridized carbons (Fsp3) is 0.550. The zero-order valence-electron chi connectivity index (χ0n) is 15.4. The first-order valence-electron chi connectivity index (χ1n) is 9.22. The fourth-order valence-corrected chi connectivity index (χ4v) is 3.80. The van der Waals surface area contributed by atoms with Gasteiger partial charge in [-0.3, -0.25) is 4.79 Å². The maximum Gasteiger partial charge on any atom is 0.401 e. The van der Waals surface area contributed by atoms with Gasteiger partial charge in [0.15, 0.2) is 0 Å². The largest absolute Gasteiger partial charge is 0.401 e. The highest BCUT2D eigenvalue weighted by Gasteiger charge is 2.39. The van der Waals surface area contributed by atoms with Crippen molar-refractivity contribution in [3.63, 3.8) is 0 Å². The van der Waals surface area contributed by atoms with E-state index in [-0.39, 0.29) is 30.5 Å². The van der Waals surface area contributed by atoms with Crippen molar-refractivity contribution in [1.29, 1.82) is 0 Å². The minimum Gasteiger partial charge on any atom is -0.331 e. The number of rotatable bonds is 8. The van der Waals surface area contributed by atoms with Crippen LogP contribution in [-0.2, 0) is 4.79 Å². The standard InChI is InChI=1S/C20H26ClF3N2O/c1-3-5-15-8-11-18(14-6-9-16(21)10-7-14)26(19(15)27)17(4-2)12-25-13-20(22,23)24/h3,6-7,9-10,15,17-18,25H,1,4-5,8,11-13H2,2H3/t15-,17-,18?/m0/s1. The minimum absolute atomic E-state index is 0.0123. The van der Waals surface area contributed by atoms with Crippen LogP contribution in [0.15, 0.2) is 36.9 Å². The normalized spacial score (nSPS) is 22.0. The molecule has 150 valence electrons. The Balaban J connectivity index is 2.24. The van der Waals surface area contributed by atoms with E-state index in [1.807, 2.05) is 19.1 Å². The number of halogens is 4. The van der Waals surface area contributed by atoms with E-state index in [4.69, 9.17) is 11.6 Å². The summed E-state index contributed by atoms with van der Waals surface area (Å²) in [5.74, 6) is -0.176. The second kappa shape index (κ2) is 9.60. The second-order valence-corrected chi connectivity index (χ2v) is 7.36. The number of benzene rings is 1. The smallest absolute Gasteiger partial charge is 0.331 e. The summed E-state index contributed by atoms with van der Waals surface area (Å²) in [6.45, 7) is 4.65. The Morgan fingerprint density at radius 1 is 1.33 bits per heavy atom. The predicted octanol–water partition coefficient (Wildman–Crippen LogP) is 5.13. The molecular formula is C20H26ClF3N2O. The minimum atomic E-state index is -4.27. The van der Waals surface area contributed by atoms with Crippen molar-refractivity contribution >= 4 is 17.5 Å². The number of likely N-dealkylation sites (tertiary alicyclic amines) is 1. The first-order valence-corrected chi connectivity index (χ1v) is 9.60. The van der Waals surface area contributed by atoms with Crippen LogP contribution in [0.2, 0.25) is 5.02 Å². The van der Waals surface area contributed by atoms with Gasteiger partial charge in [0.2, 0.25) is 5.91 Å². The zero-order valence-corrected chi connectivity index (χ0v) is 16.2. The third kappa shape index (κ3) is 5.98. The molecule has 1 amide bonds. The van der Waals surface area contributed by atoms with Gasteiger partial charge < -0.3 is 10.2 Å². The molecule has 1 N–H and O–H groups in total. The third-order valence-corrected chi connectivity index (χ3v) is 5.26. The Bertz CT molecular complexity index is 633. The highest BCUT2D eigenvalue weighted by atomic mass is 35.5. The molecule has 1 aliphatic heterocycles. The van der Waals surface area contributed by atoms with Gasteiger partial charge in [-0.25, -0.2) is 0 Å². The van der Waals surface area contributed by atoms with Crippen LogP contribution < -0.4 is 5.32 Å². The van der Waals surface area contributed by atoms with Crippen molar-refractivity contribution < 1.29 is 18.0 Å². The number of alkyl halides is 3. The molecule has 7 heteroatoms. The lowest BCUT2D eigenvalue weighted by molar-refractivity contribution is -0.145. The average Bonchev–Trinajstić information content (AvgIpc) is 2.61. The molecular weight excluding hydrogens is 377 g/mol. The topological polar surface area (TPSA) is 32.3 Å². The maximum atomic E-state index is 13.1. The number of allylic oxidation sites excluding steroid dienone is 1. The number of amides is 1. The SMILES string of the molecule is C=CC[C@H]1CCC(c2ccc(Cl)cc2)N([C@@H](CC)CNCC(F)(F)F)C1=O. The number of hydrogen-bond donors (Lipinski definition) is 1. The molecule has 1 fully saturated rings. The molecule has 1 aromatic carbocycles. The molecule has 3 atom stereocenters. The maximum absolute atomic E-state index is 13.1. The van der Waals surface area contributed by atoms with E-state index in [2.05, 4.69) is 11.9 Å². The summed E-state index contributed by atoms with van der Waals surface area (Å²) in [4.78, 5) is 14.9. The molecule has 0 bridgehead atoms. The highest BCUT2D eigenvalue weighted by molar-refractivity contribution is 6.30. The Labute approximate surface area is 163 Å². The van der Waals surface area contributed by atoms with Gasteiger partial charge in [-0.2, -0.15) is 13.2 Å². The predicted molar refractivity (Wildman–Crippen MR) is 102 cm³/mol. The van der Waals surface area contributed by atoms with E-state index in [0.717, 1.165) is 18.4 Å². The van der Waals surface area contributed by atoms with Gasteiger partial charge in [0, 0.05) is 23.5 Å². The van der Waals surface area contributed by atoms with E-state index < -0.39 is 12.7 Å². The zero-order chi connectivity index (χ0) is 20.0. The van der Waals surface area contributed by atoms with Gasteiger partial charge in [0.1, 0.15) is 0 Å². The highest BCUT2D eigenvalue weighted by Crippen LogP contribution is 2.38. The first kappa shape index (κ1) is 21.8. The Morgan fingerprint density at radius 3 is 2.56 bits per heavy atom. The van der Waals surface area contributed by atoms with E-state index in [1.165, 1.54) is 0 Å². The van der Waals surface area contributed by atoms with Crippen molar-refractivity contribution in [3.8, 4) is 0 Å². The Morgan fingerprint density at radius 2 is 2.00 bits per heavy atom. The average molecular weight is 403 g/mol. The van der Waals surface area contributed by atoms with Gasteiger partial charge >= 0.3 is 6.18 Å². The molecule has 0 saturated carbocycles. The number of nitrogens with one attached hydrogen (secondary N) is 1. The molecule has 1 unspecified atom stereocenters. The molecule has 27 heavy (non-hydrogen) atoms. The molecule has 0 aromatic heterocycles. The van der Waals surface area contributed by atoms with E-state index in [9.17, 15) is 18.0 Å². The fourth-order valence-electron chi connectivity index (χ4n) is 3.67. The van der Waals surface area contributed by atoms with Gasteiger partial charge in [-0.05, 0) is 43.4 Å². The quantitative estimate of drug-likeness (QED) is 0.611. The van der Waals surface area contributed by atoms with Crippen molar-refractivity contribution in [2.45, 2.75) is 50.9 Å². The number of nitrogens with zero attached hydrogens (tertiary/aromatic N) is 1. The molecule has 1 heterocycles. The monoisotopic (exact) mass is 402 g/mol. The van der Waals surface area contributed by atoms with Crippen LogP contribution in [-0.4, -0.2) is 36.1 Å². The van der Waals surface area contributed by atoms with Crippen LogP contribution in [0.25, 0.3) is 0 Å². The number of carbonyl (C=O) groups excluding carboxylic acids is 1. The lowest BCUT2D eigenvalue weighted by Gasteiger charge is -2.44. The van der Waals surface area contributed by atoms with Crippen LogP contribution in [0.3, 0.4) is 0 Å². The van der Waals surface area contributed by atoms with E-state index in [1.54, 1.807) is 23.1 Å². The van der Waals surface area contributed by atoms with Crippen LogP contribution >= 0.6 is 11.6 Å². The molecule has 0 aliphatic carbocycles. The number of carbonyl (C=O) groups is 1. The van der Waals surface area contributed by atoms with Gasteiger partial charge in [0.05, 0.1) is 12.6 Å². The Hall–Kier alpha value is -1.53. The number of piperidine rings is 1. The summed E-state index contributed by atoms with van der Waals surface area (Å²) in [6, 6.07) is 6.85. The van der Waals surface area contributed by atoms with Crippen LogP contribution in [0.5, 0.6) is 0 Å². The molecule has 0 spiro atoms. The van der Waals surface area contributed by atoms with Gasteiger partial charge in [0.25, 0.3) is 0 Å². The second-order valence-electron chi connectivity index (χ2n) is 6.92. The molecule has 2 rings (SSSR count). The van der Waals surface area contributed by atoms with Crippen molar-refractivity contribution in [1.82, 2.24) is 10.2 Å². The molecule has 1 aromatic rings. The van der Waals surface area contributed by atoms with Gasteiger partial charge in [-0.1, -0.05) is 36.7 Å². The van der Waals surface area contributed by atoms with E-state index in [0.29, 0.717) is 17.9 Å². The van der Waals surface area contributed by atoms with Crippen LogP contribution in [0.4, 0.5) is 13.2 Å². The Kier molecular flexibility index (Phi) is 7.74. The lowest BCUT2D eigenvalue weighted by Crippen LogP contribution is -2.52. The van der Waals surface area contributed by atoms with Crippen molar-refractivity contribution in [2.24, 2.45) is 5.92 Å². The first-order chi connectivity index (χ1) is 12.8. The molecule has 1 aliphatic rings. The van der Waals surface area contributed by atoms with E-state index >= 15 is 0 Å².